The monoisotopic (exact) mass is 269 g/mol. The molecule has 0 saturated heterocycles. The SMILES string of the molecule is CC(=O)OCCCn1cnc2nc(N)nc(Cl)c21. The van der Waals surface area contributed by atoms with Gasteiger partial charge in [0, 0.05) is 13.5 Å². The topological polar surface area (TPSA) is 95.9 Å². The summed E-state index contributed by atoms with van der Waals surface area (Å²) < 4.78 is 6.65. The van der Waals surface area contributed by atoms with Gasteiger partial charge in [0.15, 0.2) is 10.8 Å². The molecule has 0 aliphatic rings. The minimum Gasteiger partial charge on any atom is -0.466 e. The lowest BCUT2D eigenvalue weighted by atomic mass is 10.4. The number of esters is 1. The molecular weight excluding hydrogens is 258 g/mol. The number of hydrogen-bond acceptors (Lipinski definition) is 6. The maximum absolute atomic E-state index is 10.6. The van der Waals surface area contributed by atoms with E-state index in [0.717, 1.165) is 0 Å². The highest BCUT2D eigenvalue weighted by Crippen LogP contribution is 2.20. The van der Waals surface area contributed by atoms with Crippen LogP contribution >= 0.6 is 11.6 Å². The third kappa shape index (κ3) is 2.67. The van der Waals surface area contributed by atoms with Gasteiger partial charge in [-0.2, -0.15) is 9.97 Å². The summed E-state index contributed by atoms with van der Waals surface area (Å²) in [6, 6.07) is 0. The predicted molar refractivity (Wildman–Crippen MR) is 66.0 cm³/mol. The lowest BCUT2D eigenvalue weighted by molar-refractivity contribution is -0.141. The van der Waals surface area contributed by atoms with E-state index >= 15 is 0 Å². The molecule has 2 heterocycles. The number of carbonyl (C=O) groups excluding carboxylic acids is 1. The Morgan fingerprint density at radius 1 is 1.56 bits per heavy atom. The fourth-order valence-corrected chi connectivity index (χ4v) is 1.85. The lowest BCUT2D eigenvalue weighted by Gasteiger charge is -2.05. The molecule has 2 rings (SSSR count). The van der Waals surface area contributed by atoms with Gasteiger partial charge in [-0.1, -0.05) is 11.6 Å². The van der Waals surface area contributed by atoms with Crippen molar-refractivity contribution in [3.8, 4) is 0 Å². The number of nitrogens with zero attached hydrogens (tertiary/aromatic N) is 4. The van der Waals surface area contributed by atoms with Crippen LogP contribution < -0.4 is 5.73 Å². The van der Waals surface area contributed by atoms with Gasteiger partial charge in [0.2, 0.25) is 5.95 Å². The van der Waals surface area contributed by atoms with Gasteiger partial charge in [-0.15, -0.1) is 0 Å². The number of halogens is 1. The molecule has 0 bridgehead atoms. The highest BCUT2D eigenvalue weighted by molar-refractivity contribution is 6.33. The van der Waals surface area contributed by atoms with Crippen molar-refractivity contribution in [2.45, 2.75) is 19.9 Å². The Morgan fingerprint density at radius 2 is 2.33 bits per heavy atom. The predicted octanol–water partition coefficient (Wildman–Crippen LogP) is 1.02. The van der Waals surface area contributed by atoms with Gasteiger partial charge in [-0.05, 0) is 6.42 Å². The van der Waals surface area contributed by atoms with Crippen molar-refractivity contribution in [1.82, 2.24) is 19.5 Å². The van der Waals surface area contributed by atoms with Gasteiger partial charge in [-0.25, -0.2) is 4.98 Å². The molecule has 2 aromatic rings. The Bertz CT molecular complexity index is 583. The number of anilines is 1. The quantitative estimate of drug-likeness (QED) is 0.506. The van der Waals surface area contributed by atoms with Crippen LogP contribution in [0.5, 0.6) is 0 Å². The minimum absolute atomic E-state index is 0.0951. The normalized spacial score (nSPS) is 10.8. The van der Waals surface area contributed by atoms with Crippen molar-refractivity contribution in [1.29, 1.82) is 0 Å². The van der Waals surface area contributed by atoms with E-state index in [1.54, 1.807) is 10.9 Å². The Balaban J connectivity index is 2.12. The fraction of sp³-hybridized carbons (Fsp3) is 0.400. The zero-order valence-electron chi connectivity index (χ0n) is 9.76. The lowest BCUT2D eigenvalue weighted by Crippen LogP contribution is -2.05. The first-order valence-corrected chi connectivity index (χ1v) is 5.73. The van der Waals surface area contributed by atoms with E-state index in [0.29, 0.717) is 30.7 Å². The van der Waals surface area contributed by atoms with Crippen LogP contribution in [0.3, 0.4) is 0 Å². The molecule has 0 aromatic carbocycles. The summed E-state index contributed by atoms with van der Waals surface area (Å²) in [6.07, 6.45) is 2.27. The molecule has 0 saturated carbocycles. The highest BCUT2D eigenvalue weighted by Gasteiger charge is 2.10. The maximum Gasteiger partial charge on any atom is 0.302 e. The maximum atomic E-state index is 10.6. The first-order valence-electron chi connectivity index (χ1n) is 5.35. The van der Waals surface area contributed by atoms with E-state index in [9.17, 15) is 4.79 Å². The number of hydrogen-bond donors (Lipinski definition) is 1. The van der Waals surface area contributed by atoms with Crippen LogP contribution in [0.1, 0.15) is 13.3 Å². The van der Waals surface area contributed by atoms with Crippen molar-refractivity contribution in [3.05, 3.63) is 11.5 Å². The standard InChI is InChI=1S/C10H12ClN5O2/c1-6(17)18-4-2-3-16-5-13-9-7(16)8(11)14-10(12)15-9/h5H,2-4H2,1H3,(H2,12,14,15). The van der Waals surface area contributed by atoms with Crippen molar-refractivity contribution in [2.24, 2.45) is 0 Å². The molecule has 0 radical (unpaired) electrons. The Labute approximate surface area is 108 Å². The summed E-state index contributed by atoms with van der Waals surface area (Å²) in [4.78, 5) is 22.6. The zero-order valence-corrected chi connectivity index (χ0v) is 10.5. The smallest absolute Gasteiger partial charge is 0.302 e. The van der Waals surface area contributed by atoms with E-state index in [1.165, 1.54) is 6.92 Å². The summed E-state index contributed by atoms with van der Waals surface area (Å²) in [7, 11) is 0. The van der Waals surface area contributed by atoms with E-state index < -0.39 is 0 Å². The number of ether oxygens (including phenoxy) is 1. The van der Waals surface area contributed by atoms with Crippen LogP contribution in [0.4, 0.5) is 5.95 Å². The van der Waals surface area contributed by atoms with E-state index in [-0.39, 0.29) is 17.1 Å². The number of aryl methyl sites for hydroxylation is 1. The number of fused-ring (bicyclic) bond motifs is 1. The van der Waals surface area contributed by atoms with Crippen LogP contribution in [0.25, 0.3) is 11.2 Å². The average molecular weight is 270 g/mol. The van der Waals surface area contributed by atoms with Gasteiger partial charge >= 0.3 is 5.97 Å². The Morgan fingerprint density at radius 3 is 3.06 bits per heavy atom. The number of aromatic nitrogens is 4. The molecule has 0 amide bonds. The summed E-state index contributed by atoms with van der Waals surface area (Å²) in [5, 5.41) is 0.266. The molecule has 18 heavy (non-hydrogen) atoms. The molecular formula is C10H12ClN5O2. The van der Waals surface area contributed by atoms with Crippen molar-refractivity contribution < 1.29 is 9.53 Å². The number of carbonyl (C=O) groups is 1. The van der Waals surface area contributed by atoms with Crippen LogP contribution in [0, 0.1) is 0 Å². The number of nitrogens with two attached hydrogens (primary N) is 1. The van der Waals surface area contributed by atoms with Crippen LogP contribution in [-0.2, 0) is 16.1 Å². The second kappa shape index (κ2) is 5.18. The molecule has 0 unspecified atom stereocenters. The van der Waals surface area contributed by atoms with Gasteiger partial charge in [0.25, 0.3) is 0 Å². The average Bonchev–Trinajstić information content (AvgIpc) is 2.67. The second-order valence-corrected chi connectivity index (χ2v) is 4.03. The largest absolute Gasteiger partial charge is 0.466 e. The van der Waals surface area contributed by atoms with Gasteiger partial charge in [-0.3, -0.25) is 4.79 Å². The summed E-state index contributed by atoms with van der Waals surface area (Å²) in [6.45, 7) is 2.33. The van der Waals surface area contributed by atoms with Gasteiger partial charge in [0.1, 0.15) is 5.52 Å². The Hall–Kier alpha value is -1.89. The van der Waals surface area contributed by atoms with Crippen LogP contribution in [0.15, 0.2) is 6.33 Å². The summed E-state index contributed by atoms with van der Waals surface area (Å²) in [5.41, 5.74) is 6.57. The number of rotatable bonds is 4. The van der Waals surface area contributed by atoms with Crippen molar-refractivity contribution >= 4 is 34.7 Å². The van der Waals surface area contributed by atoms with E-state index in [4.69, 9.17) is 22.1 Å². The summed E-state index contributed by atoms with van der Waals surface area (Å²) >= 11 is 5.99. The minimum atomic E-state index is -0.292. The number of imidazole rings is 1. The van der Waals surface area contributed by atoms with Crippen LogP contribution in [0.2, 0.25) is 5.15 Å². The molecule has 0 aliphatic carbocycles. The molecule has 0 spiro atoms. The number of nitrogen functional groups attached to an aromatic ring is 1. The third-order valence-electron chi connectivity index (χ3n) is 2.30. The summed E-state index contributed by atoms with van der Waals surface area (Å²) in [5.74, 6) is -0.197. The van der Waals surface area contributed by atoms with Gasteiger partial charge < -0.3 is 15.0 Å². The molecule has 7 nitrogen and oxygen atoms in total. The fourth-order valence-electron chi connectivity index (χ4n) is 1.57. The molecule has 96 valence electrons. The second-order valence-electron chi connectivity index (χ2n) is 3.68. The highest BCUT2D eigenvalue weighted by atomic mass is 35.5. The molecule has 0 fully saturated rings. The van der Waals surface area contributed by atoms with E-state index in [1.807, 2.05) is 0 Å². The first kappa shape index (κ1) is 12.6. The molecule has 0 aliphatic heterocycles. The van der Waals surface area contributed by atoms with E-state index in [2.05, 4.69) is 15.0 Å². The van der Waals surface area contributed by atoms with Crippen LogP contribution in [-0.4, -0.2) is 32.1 Å². The molecule has 2 aromatic heterocycles. The van der Waals surface area contributed by atoms with Crippen molar-refractivity contribution in [2.75, 3.05) is 12.3 Å². The first-order chi connectivity index (χ1) is 8.58. The third-order valence-corrected chi connectivity index (χ3v) is 2.56. The van der Waals surface area contributed by atoms with Gasteiger partial charge in [0.05, 0.1) is 12.9 Å². The van der Waals surface area contributed by atoms with Crippen molar-refractivity contribution in [3.63, 3.8) is 0 Å². The zero-order chi connectivity index (χ0) is 13.1. The molecule has 8 heteroatoms. The molecule has 2 N–H and O–H groups in total. The Kier molecular flexibility index (Phi) is 3.61. The molecule has 0 atom stereocenters.